The van der Waals surface area contributed by atoms with Crippen molar-refractivity contribution in [3.63, 3.8) is 0 Å². The van der Waals surface area contributed by atoms with Crippen molar-refractivity contribution in [3.05, 3.63) is 69.7 Å². The molecule has 0 fully saturated rings. The molecule has 0 saturated heterocycles. The van der Waals surface area contributed by atoms with Crippen LogP contribution in [0.2, 0.25) is 10.0 Å². The van der Waals surface area contributed by atoms with Crippen LogP contribution in [-0.2, 0) is 6.42 Å². The Kier molecular flexibility index (Phi) is 8.07. The third kappa shape index (κ3) is 5.82. The van der Waals surface area contributed by atoms with E-state index in [9.17, 15) is 4.79 Å². The molecule has 5 heteroatoms. The molecular formula is C18H20Cl3NO. The smallest absolute Gasteiger partial charge is 0.169 e. The fourth-order valence-electron chi connectivity index (χ4n) is 2.49. The van der Waals surface area contributed by atoms with Gasteiger partial charge in [-0.25, -0.2) is 0 Å². The van der Waals surface area contributed by atoms with Crippen LogP contribution >= 0.6 is 35.6 Å². The lowest BCUT2D eigenvalue weighted by atomic mass is 9.91. The standard InChI is InChI=1S/C18H19Cl2NO.ClH/c1-21(2)12-14(10-13-6-4-3-5-7-13)18(22)16-9-8-15(19)11-17(16)20;/h3-9,11,14H,10,12H2,1-2H3;1H. The van der Waals surface area contributed by atoms with Crippen molar-refractivity contribution in [2.75, 3.05) is 20.6 Å². The summed E-state index contributed by atoms with van der Waals surface area (Å²) >= 11 is 12.1. The van der Waals surface area contributed by atoms with Crippen LogP contribution in [-0.4, -0.2) is 31.3 Å². The fraction of sp³-hybridized carbons (Fsp3) is 0.278. The van der Waals surface area contributed by atoms with Crippen LogP contribution in [0.1, 0.15) is 15.9 Å². The van der Waals surface area contributed by atoms with Crippen molar-refractivity contribution in [3.8, 4) is 0 Å². The maximum atomic E-state index is 12.9. The Morgan fingerprint density at radius 1 is 1.09 bits per heavy atom. The van der Waals surface area contributed by atoms with Crippen LogP contribution in [0.3, 0.4) is 0 Å². The third-order valence-corrected chi connectivity index (χ3v) is 4.03. The highest BCUT2D eigenvalue weighted by Gasteiger charge is 2.23. The summed E-state index contributed by atoms with van der Waals surface area (Å²) in [6, 6.07) is 15.1. The van der Waals surface area contributed by atoms with Crippen molar-refractivity contribution < 1.29 is 4.79 Å². The van der Waals surface area contributed by atoms with E-state index >= 15 is 0 Å². The van der Waals surface area contributed by atoms with Gasteiger partial charge in [0.15, 0.2) is 5.78 Å². The average molecular weight is 373 g/mol. The Balaban J connectivity index is 0.00000264. The summed E-state index contributed by atoms with van der Waals surface area (Å²) in [6.07, 6.45) is 0.691. The van der Waals surface area contributed by atoms with E-state index in [1.54, 1.807) is 18.2 Å². The SMILES string of the molecule is CN(C)CC(Cc1ccccc1)C(=O)c1ccc(Cl)cc1Cl.Cl. The zero-order valence-electron chi connectivity index (χ0n) is 13.1. The second-order valence-corrected chi connectivity index (χ2v) is 6.48. The quantitative estimate of drug-likeness (QED) is 0.664. The molecule has 0 saturated carbocycles. The monoisotopic (exact) mass is 371 g/mol. The summed E-state index contributed by atoms with van der Waals surface area (Å²) in [5.41, 5.74) is 1.68. The number of ketones is 1. The van der Waals surface area contributed by atoms with Crippen LogP contribution in [0.25, 0.3) is 0 Å². The highest BCUT2D eigenvalue weighted by Crippen LogP contribution is 2.25. The molecule has 0 heterocycles. The number of rotatable bonds is 6. The van der Waals surface area contributed by atoms with Gasteiger partial charge in [0.1, 0.15) is 0 Å². The summed E-state index contributed by atoms with van der Waals surface area (Å²) in [5, 5.41) is 0.947. The lowest BCUT2D eigenvalue weighted by Crippen LogP contribution is -2.29. The second-order valence-electron chi connectivity index (χ2n) is 5.64. The van der Waals surface area contributed by atoms with E-state index in [0.717, 1.165) is 5.56 Å². The predicted octanol–water partition coefficient (Wildman–Crippen LogP) is 5.02. The number of hydrogen-bond acceptors (Lipinski definition) is 2. The first-order chi connectivity index (χ1) is 10.5. The number of nitrogens with zero attached hydrogens (tertiary/aromatic N) is 1. The summed E-state index contributed by atoms with van der Waals surface area (Å²) in [4.78, 5) is 14.9. The molecule has 2 aromatic carbocycles. The fourth-order valence-corrected chi connectivity index (χ4v) is 2.99. The van der Waals surface area contributed by atoms with E-state index in [0.29, 0.717) is 28.6 Å². The molecule has 1 atom stereocenters. The van der Waals surface area contributed by atoms with Crippen molar-refractivity contribution in [1.82, 2.24) is 4.90 Å². The Labute approximate surface area is 153 Å². The van der Waals surface area contributed by atoms with Crippen LogP contribution in [0.5, 0.6) is 0 Å². The molecule has 2 rings (SSSR count). The van der Waals surface area contributed by atoms with Gasteiger partial charge in [-0.3, -0.25) is 4.79 Å². The van der Waals surface area contributed by atoms with Crippen molar-refractivity contribution in [1.29, 1.82) is 0 Å². The number of halogens is 3. The van der Waals surface area contributed by atoms with Crippen molar-refractivity contribution in [2.45, 2.75) is 6.42 Å². The molecule has 23 heavy (non-hydrogen) atoms. The van der Waals surface area contributed by atoms with Gasteiger partial charge in [0.05, 0.1) is 5.02 Å². The van der Waals surface area contributed by atoms with E-state index in [-0.39, 0.29) is 24.1 Å². The summed E-state index contributed by atoms with van der Waals surface area (Å²) in [7, 11) is 3.93. The van der Waals surface area contributed by atoms with Crippen molar-refractivity contribution >= 4 is 41.4 Å². The summed E-state index contributed by atoms with van der Waals surface area (Å²) in [5.74, 6) is -0.0877. The van der Waals surface area contributed by atoms with Crippen LogP contribution in [0.4, 0.5) is 0 Å². The molecule has 0 bridgehead atoms. The molecular weight excluding hydrogens is 353 g/mol. The predicted molar refractivity (Wildman–Crippen MR) is 100 cm³/mol. The zero-order valence-corrected chi connectivity index (χ0v) is 15.5. The Morgan fingerprint density at radius 3 is 2.30 bits per heavy atom. The van der Waals surface area contributed by atoms with Crippen LogP contribution in [0, 0.1) is 5.92 Å². The molecule has 124 valence electrons. The first-order valence-corrected chi connectivity index (χ1v) is 7.91. The average Bonchev–Trinajstić information content (AvgIpc) is 2.46. The van der Waals surface area contributed by atoms with Gasteiger partial charge in [0, 0.05) is 23.0 Å². The normalized spacial score (nSPS) is 11.9. The van der Waals surface area contributed by atoms with Gasteiger partial charge in [-0.1, -0.05) is 53.5 Å². The van der Waals surface area contributed by atoms with Gasteiger partial charge >= 0.3 is 0 Å². The van der Waals surface area contributed by atoms with Crippen molar-refractivity contribution in [2.24, 2.45) is 5.92 Å². The molecule has 0 radical (unpaired) electrons. The zero-order chi connectivity index (χ0) is 16.1. The largest absolute Gasteiger partial charge is 0.309 e. The molecule has 1 unspecified atom stereocenters. The molecule has 0 aromatic heterocycles. The van der Waals surface area contributed by atoms with E-state index < -0.39 is 0 Å². The highest BCUT2D eigenvalue weighted by atomic mass is 35.5. The van der Waals surface area contributed by atoms with Crippen LogP contribution in [0.15, 0.2) is 48.5 Å². The van der Waals surface area contributed by atoms with Gasteiger partial charge in [0.2, 0.25) is 0 Å². The summed E-state index contributed by atoms with van der Waals surface area (Å²) in [6.45, 7) is 0.673. The Morgan fingerprint density at radius 2 is 1.74 bits per heavy atom. The van der Waals surface area contributed by atoms with Gasteiger partial charge in [0.25, 0.3) is 0 Å². The van der Waals surface area contributed by atoms with Gasteiger partial charge < -0.3 is 4.90 Å². The lowest BCUT2D eigenvalue weighted by molar-refractivity contribution is 0.0897. The molecule has 0 N–H and O–H groups in total. The first-order valence-electron chi connectivity index (χ1n) is 7.15. The topological polar surface area (TPSA) is 20.3 Å². The molecule has 2 nitrogen and oxygen atoms in total. The number of hydrogen-bond donors (Lipinski definition) is 0. The van der Waals surface area contributed by atoms with E-state index in [4.69, 9.17) is 23.2 Å². The molecule has 0 aliphatic rings. The van der Waals surface area contributed by atoms with Gasteiger partial charge in [-0.05, 0) is 44.3 Å². The second kappa shape index (κ2) is 9.29. The number of benzene rings is 2. The maximum absolute atomic E-state index is 12.9. The summed E-state index contributed by atoms with van der Waals surface area (Å²) < 4.78 is 0. The minimum atomic E-state index is -0.143. The number of Topliss-reactive ketones (excluding diaryl/α,β-unsaturated/α-hetero) is 1. The van der Waals surface area contributed by atoms with Gasteiger partial charge in [-0.15, -0.1) is 12.4 Å². The maximum Gasteiger partial charge on any atom is 0.169 e. The molecule has 2 aromatic rings. The minimum Gasteiger partial charge on any atom is -0.309 e. The molecule has 0 aliphatic heterocycles. The molecule has 0 spiro atoms. The minimum absolute atomic E-state index is 0. The number of carbonyl (C=O) groups is 1. The Hall–Kier alpha value is -1.06. The number of carbonyl (C=O) groups excluding carboxylic acids is 1. The van der Waals surface area contributed by atoms with E-state index in [1.165, 1.54) is 0 Å². The highest BCUT2D eigenvalue weighted by molar-refractivity contribution is 6.36. The van der Waals surface area contributed by atoms with E-state index in [2.05, 4.69) is 0 Å². The lowest BCUT2D eigenvalue weighted by Gasteiger charge is -2.21. The van der Waals surface area contributed by atoms with Crippen LogP contribution < -0.4 is 0 Å². The van der Waals surface area contributed by atoms with Gasteiger partial charge in [-0.2, -0.15) is 0 Å². The molecule has 0 aliphatic carbocycles. The third-order valence-electron chi connectivity index (χ3n) is 3.48. The molecule has 0 amide bonds. The van der Waals surface area contributed by atoms with E-state index in [1.807, 2.05) is 49.3 Å². The Bertz CT molecular complexity index is 644. The first kappa shape index (κ1) is 20.0.